The van der Waals surface area contributed by atoms with Crippen molar-refractivity contribution in [2.24, 2.45) is 0 Å². The van der Waals surface area contributed by atoms with Crippen molar-refractivity contribution >= 4 is 65.4 Å². The van der Waals surface area contributed by atoms with Crippen molar-refractivity contribution < 1.29 is 0 Å². The van der Waals surface area contributed by atoms with Crippen LogP contribution in [0, 0.1) is 11.3 Å². The van der Waals surface area contributed by atoms with Crippen LogP contribution in [-0.4, -0.2) is 13.7 Å². The SMILES string of the molecule is CC(C)(C)c1ccc2c(c1)c1cc(C(C)(C)C)ccc1n2-c1cc(-n2c3ccc(C(C)(C)C)cc3c3cc(C(C)(C)C)ccc32)c2c3ccccc3n(-c3ccccc3)c2c1C#N. The van der Waals surface area contributed by atoms with Gasteiger partial charge in [-0.05, 0) is 117 Å². The summed E-state index contributed by atoms with van der Waals surface area (Å²) in [5.41, 5.74) is 15.0. The van der Waals surface area contributed by atoms with Gasteiger partial charge in [-0.25, -0.2) is 0 Å². The average Bonchev–Trinajstić information content (AvgIpc) is 3.87. The fourth-order valence-corrected chi connectivity index (χ4v) is 9.87. The van der Waals surface area contributed by atoms with Gasteiger partial charge in [-0.1, -0.05) is 144 Å². The van der Waals surface area contributed by atoms with Crippen LogP contribution in [0.15, 0.2) is 133 Å². The summed E-state index contributed by atoms with van der Waals surface area (Å²) < 4.78 is 7.19. The smallest absolute Gasteiger partial charge is 0.104 e. The van der Waals surface area contributed by atoms with Gasteiger partial charge in [-0.3, -0.25) is 0 Å². The quantitative estimate of drug-likeness (QED) is 0.175. The summed E-state index contributed by atoms with van der Waals surface area (Å²) in [6.45, 7) is 27.5. The van der Waals surface area contributed by atoms with Crippen LogP contribution in [0.1, 0.15) is 111 Å². The number of hydrogen-bond acceptors (Lipinski definition) is 1. The number of aromatic nitrogens is 3. The summed E-state index contributed by atoms with van der Waals surface area (Å²) in [6.07, 6.45) is 0. The Morgan fingerprint density at radius 3 is 1.13 bits per heavy atom. The first kappa shape index (κ1) is 40.5. The van der Waals surface area contributed by atoms with Crippen molar-refractivity contribution in [3.05, 3.63) is 161 Å². The second-order valence-corrected chi connectivity index (χ2v) is 21.9. The molecule has 10 aromatic rings. The molecule has 314 valence electrons. The summed E-state index contributed by atoms with van der Waals surface area (Å²) in [6, 6.07) is 52.4. The summed E-state index contributed by atoms with van der Waals surface area (Å²) in [5.74, 6) is 0. The zero-order valence-corrected chi connectivity index (χ0v) is 39.0. The number of benzene rings is 7. The summed E-state index contributed by atoms with van der Waals surface area (Å²) in [5, 5.41) is 18.8. The van der Waals surface area contributed by atoms with E-state index in [9.17, 15) is 5.26 Å². The number of nitriles is 1. The number of rotatable bonds is 3. The lowest BCUT2D eigenvalue weighted by Gasteiger charge is -2.21. The first-order chi connectivity index (χ1) is 29.8. The highest BCUT2D eigenvalue weighted by molar-refractivity contribution is 6.19. The molecule has 3 aromatic heterocycles. The Kier molecular flexibility index (Phi) is 8.82. The van der Waals surface area contributed by atoms with Gasteiger partial charge in [-0.2, -0.15) is 5.26 Å². The Morgan fingerprint density at radius 2 is 0.730 bits per heavy atom. The highest BCUT2D eigenvalue weighted by Gasteiger charge is 2.29. The predicted octanol–water partition coefficient (Wildman–Crippen LogP) is 16.0. The van der Waals surface area contributed by atoms with E-state index in [4.69, 9.17) is 0 Å². The van der Waals surface area contributed by atoms with Crippen molar-refractivity contribution in [2.75, 3.05) is 0 Å². The molecule has 10 rings (SSSR count). The third-order valence-corrected chi connectivity index (χ3v) is 13.5. The molecule has 4 heteroatoms. The van der Waals surface area contributed by atoms with Gasteiger partial charge in [0.15, 0.2) is 0 Å². The molecule has 0 unspecified atom stereocenters. The van der Waals surface area contributed by atoms with Crippen LogP contribution in [-0.2, 0) is 21.7 Å². The van der Waals surface area contributed by atoms with Gasteiger partial charge >= 0.3 is 0 Å². The van der Waals surface area contributed by atoms with Crippen molar-refractivity contribution in [1.29, 1.82) is 5.26 Å². The first-order valence-corrected chi connectivity index (χ1v) is 22.5. The minimum Gasteiger partial charge on any atom is -0.308 e. The third kappa shape index (κ3) is 6.30. The molecule has 0 radical (unpaired) electrons. The largest absolute Gasteiger partial charge is 0.308 e. The minimum absolute atomic E-state index is 0.0293. The van der Waals surface area contributed by atoms with E-state index in [-0.39, 0.29) is 21.7 Å². The van der Waals surface area contributed by atoms with E-state index >= 15 is 0 Å². The van der Waals surface area contributed by atoms with E-state index in [1.165, 1.54) is 43.8 Å². The highest BCUT2D eigenvalue weighted by Crippen LogP contribution is 2.46. The molecular formula is C59H58N4. The van der Waals surface area contributed by atoms with Crippen molar-refractivity contribution in [2.45, 2.75) is 105 Å². The molecule has 0 saturated heterocycles. The van der Waals surface area contributed by atoms with E-state index in [0.29, 0.717) is 5.56 Å². The van der Waals surface area contributed by atoms with Gasteiger partial charge < -0.3 is 13.7 Å². The maximum Gasteiger partial charge on any atom is 0.104 e. The second kappa shape index (κ2) is 13.7. The number of para-hydroxylation sites is 2. The maximum atomic E-state index is 11.8. The lowest BCUT2D eigenvalue weighted by atomic mass is 9.85. The Labute approximate surface area is 372 Å². The van der Waals surface area contributed by atoms with Crippen LogP contribution in [0.25, 0.3) is 82.5 Å². The van der Waals surface area contributed by atoms with Crippen molar-refractivity contribution in [1.82, 2.24) is 13.7 Å². The van der Waals surface area contributed by atoms with Gasteiger partial charge in [-0.15, -0.1) is 0 Å². The standard InChI is InChI=1S/C59H58N4/c1-56(2,3)36-22-26-48-42(30-36)43-31-37(57(4,5)6)23-27-49(43)62(48)52-34-53(54-41-20-16-17-21-47(41)61(55(54)46(52)35-60)40-18-14-13-15-19-40)63-50-28-24-38(58(7,8)9)32-44(50)45-33-39(59(10,11)12)25-29-51(45)63/h13-34H,1-12H3. The molecule has 63 heavy (non-hydrogen) atoms. The van der Waals surface area contributed by atoms with E-state index in [1.807, 2.05) is 0 Å². The fraction of sp³-hybridized carbons (Fsp3) is 0.271. The van der Waals surface area contributed by atoms with Gasteiger partial charge in [0.1, 0.15) is 11.6 Å². The van der Waals surface area contributed by atoms with Crippen molar-refractivity contribution in [3.8, 4) is 23.1 Å². The second-order valence-electron chi connectivity index (χ2n) is 21.9. The molecular weight excluding hydrogens is 765 g/mol. The highest BCUT2D eigenvalue weighted by atomic mass is 15.0. The maximum absolute atomic E-state index is 11.8. The van der Waals surface area contributed by atoms with E-state index < -0.39 is 0 Å². The molecule has 0 aliphatic carbocycles. The van der Waals surface area contributed by atoms with E-state index in [0.717, 1.165) is 60.9 Å². The molecule has 7 aromatic carbocycles. The zero-order valence-electron chi connectivity index (χ0n) is 39.0. The van der Waals surface area contributed by atoms with E-state index in [2.05, 4.69) is 236 Å². The van der Waals surface area contributed by atoms with Crippen LogP contribution in [0.4, 0.5) is 0 Å². The molecule has 4 nitrogen and oxygen atoms in total. The number of hydrogen-bond donors (Lipinski definition) is 0. The monoisotopic (exact) mass is 822 g/mol. The summed E-state index contributed by atoms with van der Waals surface area (Å²) in [7, 11) is 0. The van der Waals surface area contributed by atoms with Crippen LogP contribution in [0.3, 0.4) is 0 Å². The van der Waals surface area contributed by atoms with Crippen LogP contribution < -0.4 is 0 Å². The molecule has 0 spiro atoms. The Balaban J connectivity index is 1.45. The van der Waals surface area contributed by atoms with Crippen molar-refractivity contribution in [3.63, 3.8) is 0 Å². The molecule has 0 amide bonds. The lowest BCUT2D eigenvalue weighted by Crippen LogP contribution is -2.10. The summed E-state index contributed by atoms with van der Waals surface area (Å²) in [4.78, 5) is 0. The van der Waals surface area contributed by atoms with Gasteiger partial charge in [0, 0.05) is 38.0 Å². The molecule has 0 fully saturated rings. The molecule has 0 bridgehead atoms. The predicted molar refractivity (Wildman–Crippen MR) is 269 cm³/mol. The molecule has 0 atom stereocenters. The number of fused-ring (bicyclic) bond motifs is 9. The lowest BCUT2D eigenvalue weighted by molar-refractivity contribution is 0.590. The third-order valence-electron chi connectivity index (χ3n) is 13.5. The normalized spacial score (nSPS) is 13.1. The van der Waals surface area contributed by atoms with Gasteiger partial charge in [0.25, 0.3) is 0 Å². The van der Waals surface area contributed by atoms with Crippen LogP contribution >= 0.6 is 0 Å². The fourth-order valence-electron chi connectivity index (χ4n) is 9.87. The first-order valence-electron chi connectivity index (χ1n) is 22.5. The molecule has 0 aliphatic rings. The Morgan fingerprint density at radius 1 is 0.365 bits per heavy atom. The van der Waals surface area contributed by atoms with Gasteiger partial charge in [0.2, 0.25) is 0 Å². The molecule has 0 saturated carbocycles. The van der Waals surface area contributed by atoms with Gasteiger partial charge in [0.05, 0.1) is 44.5 Å². The van der Waals surface area contributed by atoms with Crippen LogP contribution in [0.2, 0.25) is 0 Å². The summed E-state index contributed by atoms with van der Waals surface area (Å²) >= 11 is 0. The number of nitrogens with zero attached hydrogens (tertiary/aromatic N) is 4. The Hall–Kier alpha value is -6.57. The average molecular weight is 823 g/mol. The minimum atomic E-state index is -0.0407. The van der Waals surface area contributed by atoms with E-state index in [1.54, 1.807) is 0 Å². The van der Waals surface area contributed by atoms with Crippen LogP contribution in [0.5, 0.6) is 0 Å². The molecule has 0 N–H and O–H groups in total. The Bertz CT molecular complexity index is 3390. The molecule has 3 heterocycles. The molecule has 0 aliphatic heterocycles. The zero-order chi connectivity index (χ0) is 44.5. The topological polar surface area (TPSA) is 38.6 Å².